The first kappa shape index (κ1) is 9.79. The lowest BCUT2D eigenvalue weighted by atomic mass is 9.97. The quantitative estimate of drug-likeness (QED) is 0.718. The smallest absolute Gasteiger partial charge is 0.166 e. The van der Waals surface area contributed by atoms with Gasteiger partial charge in [-0.3, -0.25) is 4.79 Å². The Morgan fingerprint density at radius 2 is 2.00 bits per heavy atom. The summed E-state index contributed by atoms with van der Waals surface area (Å²) in [5.74, 6) is 0.244. The lowest BCUT2D eigenvalue weighted by Gasteiger charge is -2.21. The predicted octanol–water partition coefficient (Wildman–Crippen LogP) is 2.59. The number of Topliss-reactive ketones (excluding diaryl/α,β-unsaturated/α-hetero) is 1. The molecule has 0 spiro atoms. The number of hydrogen-bond donors (Lipinski definition) is 0. The van der Waals surface area contributed by atoms with Crippen LogP contribution in [-0.4, -0.2) is 18.5 Å². The first-order valence-electron chi connectivity index (χ1n) is 5.79. The average Bonchev–Trinajstić information content (AvgIpc) is 2.66. The topological polar surface area (TPSA) is 26.3 Å². The molecule has 16 heavy (non-hydrogen) atoms. The van der Waals surface area contributed by atoms with E-state index in [1.165, 1.54) is 5.57 Å². The van der Waals surface area contributed by atoms with Crippen LogP contribution in [0.1, 0.15) is 24.8 Å². The van der Waals surface area contributed by atoms with Crippen LogP contribution in [0.4, 0.5) is 0 Å². The zero-order valence-electron chi connectivity index (χ0n) is 9.11. The summed E-state index contributed by atoms with van der Waals surface area (Å²) in [6.07, 6.45) is 2.66. The summed E-state index contributed by atoms with van der Waals surface area (Å²) in [6.45, 7) is 0.795. The molecule has 0 bridgehead atoms. The minimum absolute atomic E-state index is 0.0662. The molecule has 1 unspecified atom stereocenters. The van der Waals surface area contributed by atoms with E-state index in [0.717, 1.165) is 30.6 Å². The van der Waals surface area contributed by atoms with Gasteiger partial charge < -0.3 is 4.74 Å². The zero-order chi connectivity index (χ0) is 11.0. The number of ether oxygens (including phenoxy) is 1. The molecule has 1 fully saturated rings. The predicted molar refractivity (Wildman–Crippen MR) is 62.0 cm³/mol. The van der Waals surface area contributed by atoms with Gasteiger partial charge in [-0.05, 0) is 24.0 Å². The van der Waals surface area contributed by atoms with Gasteiger partial charge in [-0.2, -0.15) is 0 Å². The van der Waals surface area contributed by atoms with Gasteiger partial charge in [-0.1, -0.05) is 30.3 Å². The van der Waals surface area contributed by atoms with Crippen molar-refractivity contribution in [2.24, 2.45) is 0 Å². The number of fused-ring (bicyclic) bond motifs is 1. The molecular weight excluding hydrogens is 200 g/mol. The molecule has 3 rings (SSSR count). The standard InChI is InChI=1S/C14H14O2/c15-12-9-13-11(7-4-8-16-13)14(12)10-5-2-1-3-6-10/h1-3,5-6,13H,4,7-9H2. The summed E-state index contributed by atoms with van der Waals surface area (Å²) in [5, 5.41) is 0. The molecule has 1 saturated heterocycles. The summed E-state index contributed by atoms with van der Waals surface area (Å²) >= 11 is 0. The van der Waals surface area contributed by atoms with Crippen molar-refractivity contribution in [3.8, 4) is 0 Å². The van der Waals surface area contributed by atoms with Gasteiger partial charge in [0.25, 0.3) is 0 Å². The van der Waals surface area contributed by atoms with Crippen LogP contribution < -0.4 is 0 Å². The van der Waals surface area contributed by atoms with Gasteiger partial charge in [0.1, 0.15) is 0 Å². The number of carbonyl (C=O) groups excluding carboxylic acids is 1. The van der Waals surface area contributed by atoms with Gasteiger partial charge in [0.2, 0.25) is 0 Å². The van der Waals surface area contributed by atoms with Crippen molar-refractivity contribution in [2.75, 3.05) is 6.61 Å². The van der Waals surface area contributed by atoms with Gasteiger partial charge in [-0.15, -0.1) is 0 Å². The monoisotopic (exact) mass is 214 g/mol. The van der Waals surface area contributed by atoms with Gasteiger partial charge >= 0.3 is 0 Å². The molecule has 1 aliphatic heterocycles. The molecule has 82 valence electrons. The van der Waals surface area contributed by atoms with Crippen LogP contribution in [-0.2, 0) is 9.53 Å². The molecule has 1 heterocycles. The molecule has 1 aromatic carbocycles. The maximum atomic E-state index is 12.0. The Morgan fingerprint density at radius 3 is 2.81 bits per heavy atom. The molecule has 2 nitrogen and oxygen atoms in total. The van der Waals surface area contributed by atoms with E-state index in [9.17, 15) is 4.79 Å². The van der Waals surface area contributed by atoms with E-state index in [2.05, 4.69) is 0 Å². The molecule has 0 saturated carbocycles. The van der Waals surface area contributed by atoms with Crippen molar-refractivity contribution in [3.05, 3.63) is 41.5 Å². The Morgan fingerprint density at radius 1 is 1.19 bits per heavy atom. The van der Waals surface area contributed by atoms with Crippen molar-refractivity contribution in [2.45, 2.75) is 25.4 Å². The number of allylic oxidation sites excluding steroid dienone is 1. The Bertz CT molecular complexity index is 445. The fraction of sp³-hybridized carbons (Fsp3) is 0.357. The molecule has 0 N–H and O–H groups in total. The van der Waals surface area contributed by atoms with Crippen molar-refractivity contribution in [1.82, 2.24) is 0 Å². The van der Waals surface area contributed by atoms with E-state index in [0.29, 0.717) is 6.42 Å². The third-order valence-corrected chi connectivity index (χ3v) is 3.33. The number of hydrogen-bond acceptors (Lipinski definition) is 2. The van der Waals surface area contributed by atoms with E-state index < -0.39 is 0 Å². The zero-order valence-corrected chi connectivity index (χ0v) is 9.11. The van der Waals surface area contributed by atoms with Crippen molar-refractivity contribution in [1.29, 1.82) is 0 Å². The summed E-state index contributed by atoms with van der Waals surface area (Å²) in [7, 11) is 0. The number of carbonyl (C=O) groups is 1. The fourth-order valence-corrected chi connectivity index (χ4v) is 2.62. The second-order valence-corrected chi connectivity index (χ2v) is 4.36. The van der Waals surface area contributed by atoms with Gasteiger partial charge in [0.15, 0.2) is 5.78 Å². The first-order chi connectivity index (χ1) is 7.86. The van der Waals surface area contributed by atoms with Crippen LogP contribution in [0.2, 0.25) is 0 Å². The van der Waals surface area contributed by atoms with Gasteiger partial charge in [0.05, 0.1) is 6.10 Å². The normalized spacial score (nSPS) is 24.8. The highest BCUT2D eigenvalue weighted by atomic mass is 16.5. The van der Waals surface area contributed by atoms with E-state index in [4.69, 9.17) is 4.74 Å². The Balaban J connectivity index is 2.07. The SMILES string of the molecule is O=C1CC2OCCCC2=C1c1ccccc1. The fourth-order valence-electron chi connectivity index (χ4n) is 2.62. The molecule has 0 aromatic heterocycles. The third kappa shape index (κ3) is 1.50. The van der Waals surface area contributed by atoms with Crippen molar-refractivity contribution < 1.29 is 9.53 Å². The van der Waals surface area contributed by atoms with Crippen molar-refractivity contribution in [3.63, 3.8) is 0 Å². The second-order valence-electron chi connectivity index (χ2n) is 4.36. The maximum absolute atomic E-state index is 12.0. The number of rotatable bonds is 1. The summed E-state index contributed by atoms with van der Waals surface area (Å²) < 4.78 is 5.65. The summed E-state index contributed by atoms with van der Waals surface area (Å²) in [5.41, 5.74) is 3.20. The number of benzene rings is 1. The van der Waals surface area contributed by atoms with Gasteiger partial charge in [0, 0.05) is 18.6 Å². The Kier molecular flexibility index (Phi) is 2.37. The molecule has 1 aromatic rings. The summed E-state index contributed by atoms with van der Waals surface area (Å²) in [4.78, 5) is 12.0. The molecule has 1 aliphatic carbocycles. The van der Waals surface area contributed by atoms with Crippen LogP contribution in [0, 0.1) is 0 Å². The molecular formula is C14H14O2. The second kappa shape index (κ2) is 3.87. The van der Waals surface area contributed by atoms with Gasteiger partial charge in [-0.25, -0.2) is 0 Å². The van der Waals surface area contributed by atoms with E-state index in [1.54, 1.807) is 0 Å². The van der Waals surface area contributed by atoms with Crippen molar-refractivity contribution >= 4 is 11.4 Å². The molecule has 0 amide bonds. The van der Waals surface area contributed by atoms with Crippen LogP contribution in [0.5, 0.6) is 0 Å². The lowest BCUT2D eigenvalue weighted by Crippen LogP contribution is -2.19. The highest BCUT2D eigenvalue weighted by Gasteiger charge is 2.34. The van der Waals surface area contributed by atoms with Crippen LogP contribution >= 0.6 is 0 Å². The molecule has 2 heteroatoms. The van der Waals surface area contributed by atoms with E-state index in [-0.39, 0.29) is 11.9 Å². The van der Waals surface area contributed by atoms with Crippen LogP contribution in [0.15, 0.2) is 35.9 Å². The van der Waals surface area contributed by atoms with Crippen LogP contribution in [0.25, 0.3) is 5.57 Å². The minimum atomic E-state index is 0.0662. The largest absolute Gasteiger partial charge is 0.373 e. The Hall–Kier alpha value is -1.41. The Labute approximate surface area is 94.9 Å². The summed E-state index contributed by atoms with van der Waals surface area (Å²) in [6, 6.07) is 9.96. The maximum Gasteiger partial charge on any atom is 0.166 e. The first-order valence-corrected chi connectivity index (χ1v) is 5.79. The molecule has 0 radical (unpaired) electrons. The number of ketones is 1. The highest BCUT2D eigenvalue weighted by molar-refractivity contribution is 6.24. The lowest BCUT2D eigenvalue weighted by molar-refractivity contribution is -0.114. The van der Waals surface area contributed by atoms with E-state index >= 15 is 0 Å². The average molecular weight is 214 g/mol. The third-order valence-electron chi connectivity index (χ3n) is 3.33. The highest BCUT2D eigenvalue weighted by Crippen LogP contribution is 2.37. The van der Waals surface area contributed by atoms with Crippen LogP contribution in [0.3, 0.4) is 0 Å². The minimum Gasteiger partial charge on any atom is -0.373 e. The molecule has 2 aliphatic rings. The van der Waals surface area contributed by atoms with E-state index in [1.807, 2.05) is 30.3 Å². The molecule has 1 atom stereocenters.